The first-order valence-corrected chi connectivity index (χ1v) is 10.3. The minimum Gasteiger partial charge on any atom is -0.385 e. The Bertz CT molecular complexity index is 903. The molecule has 0 spiro atoms. The molecule has 1 saturated carbocycles. The van der Waals surface area contributed by atoms with E-state index in [1.54, 1.807) is 0 Å². The molecule has 6 heteroatoms. The van der Waals surface area contributed by atoms with E-state index in [9.17, 15) is 0 Å². The minimum absolute atomic E-state index is 0.623. The lowest BCUT2D eigenvalue weighted by Crippen LogP contribution is -2.16. The summed E-state index contributed by atoms with van der Waals surface area (Å²) in [6.07, 6.45) is 6.64. The second kappa shape index (κ2) is 8.55. The highest BCUT2D eigenvalue weighted by Gasteiger charge is 2.42. The number of hydrogen-bond donors (Lipinski definition) is 3. The Balaban J connectivity index is 1.35. The van der Waals surface area contributed by atoms with Gasteiger partial charge in [0.1, 0.15) is 11.6 Å². The van der Waals surface area contributed by atoms with Gasteiger partial charge in [0.05, 0.1) is 0 Å². The van der Waals surface area contributed by atoms with E-state index in [1.165, 1.54) is 17.7 Å². The largest absolute Gasteiger partial charge is 0.385 e. The van der Waals surface area contributed by atoms with Gasteiger partial charge >= 0.3 is 0 Å². The van der Waals surface area contributed by atoms with Gasteiger partial charge in [-0.2, -0.15) is 9.97 Å². The second-order valence-corrected chi connectivity index (χ2v) is 8.01. The molecule has 1 heterocycles. The number of fused-ring (bicyclic) bond motifs is 1. The van der Waals surface area contributed by atoms with Crippen LogP contribution in [-0.4, -0.2) is 37.2 Å². The van der Waals surface area contributed by atoms with Gasteiger partial charge < -0.3 is 20.9 Å². The van der Waals surface area contributed by atoms with Crippen molar-refractivity contribution in [3.8, 4) is 0 Å². The molecule has 0 radical (unpaired) electrons. The third-order valence-electron chi connectivity index (χ3n) is 5.48. The fourth-order valence-corrected chi connectivity index (χ4v) is 3.68. The number of nitrogens with one attached hydrogen (secondary N) is 3. The summed E-state index contributed by atoms with van der Waals surface area (Å²) in [7, 11) is 4.01. The molecule has 2 aliphatic carbocycles. The number of allylic oxidation sites excluding steroid dienone is 4. The minimum atomic E-state index is 0.623. The van der Waals surface area contributed by atoms with Gasteiger partial charge in [-0.25, -0.2) is 0 Å². The van der Waals surface area contributed by atoms with Crippen molar-refractivity contribution in [3.63, 3.8) is 0 Å². The molecule has 3 N–H and O–H groups in total. The SMILES string of the molecule is CC1=CC=C(Nc2cc(N(C)C)nc(NCCCNc3ccccc3)n2)C2CC12. The number of rotatable bonds is 9. The average molecular weight is 391 g/mol. The lowest BCUT2D eigenvalue weighted by Gasteiger charge is -2.18. The second-order valence-electron chi connectivity index (χ2n) is 8.01. The number of anilines is 4. The summed E-state index contributed by atoms with van der Waals surface area (Å²) in [5, 5.41) is 10.3. The monoisotopic (exact) mass is 390 g/mol. The maximum Gasteiger partial charge on any atom is 0.226 e. The molecular formula is C23H30N6. The smallest absolute Gasteiger partial charge is 0.226 e. The molecule has 2 atom stereocenters. The Morgan fingerprint density at radius 1 is 1.00 bits per heavy atom. The van der Waals surface area contributed by atoms with Crippen molar-refractivity contribution in [1.82, 2.24) is 9.97 Å². The van der Waals surface area contributed by atoms with Gasteiger partial charge in [-0.05, 0) is 43.9 Å². The van der Waals surface area contributed by atoms with Crippen LogP contribution in [-0.2, 0) is 0 Å². The lowest BCUT2D eigenvalue weighted by atomic mass is 10.0. The molecule has 1 aromatic heterocycles. The van der Waals surface area contributed by atoms with Crippen molar-refractivity contribution in [3.05, 3.63) is 59.8 Å². The first kappa shape index (κ1) is 19.3. The molecule has 29 heavy (non-hydrogen) atoms. The summed E-state index contributed by atoms with van der Waals surface area (Å²) in [5.41, 5.74) is 3.90. The van der Waals surface area contributed by atoms with Crippen LogP contribution in [0, 0.1) is 11.8 Å². The highest BCUT2D eigenvalue weighted by atomic mass is 15.2. The Morgan fingerprint density at radius 2 is 1.79 bits per heavy atom. The van der Waals surface area contributed by atoms with E-state index in [0.29, 0.717) is 17.8 Å². The molecule has 0 saturated heterocycles. The van der Waals surface area contributed by atoms with Crippen LogP contribution in [0.25, 0.3) is 0 Å². The molecule has 1 aromatic carbocycles. The molecule has 0 aliphatic heterocycles. The summed E-state index contributed by atoms with van der Waals surface area (Å²) < 4.78 is 0. The van der Waals surface area contributed by atoms with Crippen LogP contribution < -0.4 is 20.9 Å². The van der Waals surface area contributed by atoms with Crippen LogP contribution in [0.15, 0.2) is 59.8 Å². The number of nitrogens with zero attached hydrogens (tertiary/aromatic N) is 3. The Morgan fingerprint density at radius 3 is 2.59 bits per heavy atom. The maximum atomic E-state index is 4.70. The summed E-state index contributed by atoms with van der Waals surface area (Å²) in [6.45, 7) is 3.93. The molecule has 2 aromatic rings. The summed E-state index contributed by atoms with van der Waals surface area (Å²) in [6, 6.07) is 12.3. The number of benzene rings is 1. The van der Waals surface area contributed by atoms with Crippen molar-refractivity contribution in [2.24, 2.45) is 11.8 Å². The number of aromatic nitrogens is 2. The van der Waals surface area contributed by atoms with Gasteiger partial charge in [-0.1, -0.05) is 29.8 Å². The molecule has 2 unspecified atom stereocenters. The fourth-order valence-electron chi connectivity index (χ4n) is 3.68. The van der Waals surface area contributed by atoms with Gasteiger partial charge in [0, 0.05) is 50.6 Å². The van der Waals surface area contributed by atoms with E-state index in [4.69, 9.17) is 4.98 Å². The van der Waals surface area contributed by atoms with E-state index in [0.717, 1.165) is 36.8 Å². The predicted molar refractivity (Wildman–Crippen MR) is 121 cm³/mol. The normalized spacial score (nSPS) is 19.6. The average Bonchev–Trinajstić information content (AvgIpc) is 3.53. The molecule has 1 fully saturated rings. The van der Waals surface area contributed by atoms with Crippen LogP contribution in [0.3, 0.4) is 0 Å². The zero-order valence-electron chi connectivity index (χ0n) is 17.4. The maximum absolute atomic E-state index is 4.70. The molecule has 6 nitrogen and oxygen atoms in total. The molecule has 0 amide bonds. The Hall–Kier alpha value is -3.02. The lowest BCUT2D eigenvalue weighted by molar-refractivity contribution is 0.860. The summed E-state index contributed by atoms with van der Waals surface area (Å²) in [5.74, 6) is 3.74. The van der Waals surface area contributed by atoms with E-state index in [2.05, 4.69) is 52.1 Å². The first-order chi connectivity index (χ1) is 14.1. The predicted octanol–water partition coefficient (Wildman–Crippen LogP) is 4.35. The van der Waals surface area contributed by atoms with E-state index in [1.807, 2.05) is 43.3 Å². The first-order valence-electron chi connectivity index (χ1n) is 10.3. The van der Waals surface area contributed by atoms with Crippen molar-refractivity contribution < 1.29 is 0 Å². The summed E-state index contributed by atoms with van der Waals surface area (Å²) in [4.78, 5) is 11.3. The van der Waals surface area contributed by atoms with E-state index in [-0.39, 0.29) is 0 Å². The van der Waals surface area contributed by atoms with Gasteiger partial charge in [0.25, 0.3) is 0 Å². The quantitative estimate of drug-likeness (QED) is 0.553. The fraction of sp³-hybridized carbons (Fsp3) is 0.391. The summed E-state index contributed by atoms with van der Waals surface area (Å²) >= 11 is 0. The standard InChI is InChI=1S/C23H30N6/c1-16-10-11-20(19-14-18(16)19)26-21-15-22(29(2)3)28-23(27-21)25-13-7-12-24-17-8-5-4-6-9-17/h4-6,8-11,15,18-19,24H,7,12-14H2,1-3H3,(H2,25,26,27,28). The molecular weight excluding hydrogens is 360 g/mol. The van der Waals surface area contributed by atoms with Crippen molar-refractivity contribution in [2.75, 3.05) is 48.0 Å². The van der Waals surface area contributed by atoms with Crippen LogP contribution in [0.4, 0.5) is 23.3 Å². The van der Waals surface area contributed by atoms with Crippen LogP contribution in [0.1, 0.15) is 19.8 Å². The van der Waals surface area contributed by atoms with Crippen LogP contribution >= 0.6 is 0 Å². The Labute approximate surface area is 173 Å². The van der Waals surface area contributed by atoms with Gasteiger partial charge in [-0.15, -0.1) is 0 Å². The third-order valence-corrected chi connectivity index (χ3v) is 5.48. The van der Waals surface area contributed by atoms with Gasteiger partial charge in [-0.3, -0.25) is 0 Å². The molecule has 152 valence electrons. The van der Waals surface area contributed by atoms with Crippen molar-refractivity contribution in [2.45, 2.75) is 19.8 Å². The van der Waals surface area contributed by atoms with Crippen molar-refractivity contribution >= 4 is 23.3 Å². The topological polar surface area (TPSA) is 65.1 Å². The highest BCUT2D eigenvalue weighted by molar-refractivity contribution is 5.57. The zero-order chi connectivity index (χ0) is 20.2. The zero-order valence-corrected chi connectivity index (χ0v) is 17.4. The molecule has 2 aliphatic rings. The highest BCUT2D eigenvalue weighted by Crippen LogP contribution is 2.50. The number of hydrogen-bond acceptors (Lipinski definition) is 6. The molecule has 4 rings (SSSR count). The third kappa shape index (κ3) is 4.88. The van der Waals surface area contributed by atoms with E-state index >= 15 is 0 Å². The van der Waals surface area contributed by atoms with Gasteiger partial charge in [0.2, 0.25) is 5.95 Å². The van der Waals surface area contributed by atoms with Crippen LogP contribution in [0.2, 0.25) is 0 Å². The Kier molecular flexibility index (Phi) is 5.69. The van der Waals surface area contributed by atoms with Gasteiger partial charge in [0.15, 0.2) is 0 Å². The van der Waals surface area contributed by atoms with Crippen molar-refractivity contribution in [1.29, 1.82) is 0 Å². The molecule has 0 bridgehead atoms. The number of para-hydroxylation sites is 1. The van der Waals surface area contributed by atoms with E-state index < -0.39 is 0 Å². The van der Waals surface area contributed by atoms with Crippen LogP contribution in [0.5, 0.6) is 0 Å².